The first kappa shape index (κ1) is 17.3. The van der Waals surface area contributed by atoms with Crippen molar-refractivity contribution in [2.75, 3.05) is 26.9 Å². The highest BCUT2D eigenvalue weighted by Crippen LogP contribution is 2.20. The molecule has 21 heavy (non-hydrogen) atoms. The number of benzene rings is 1. The van der Waals surface area contributed by atoms with E-state index in [0.717, 1.165) is 25.0 Å². The Kier molecular flexibility index (Phi) is 8.23. The van der Waals surface area contributed by atoms with Crippen LogP contribution < -0.4 is 10.5 Å². The second-order valence-corrected chi connectivity index (χ2v) is 4.53. The largest absolute Gasteiger partial charge is 0.496 e. The lowest BCUT2D eigenvalue weighted by molar-refractivity contribution is 0.0390. The fourth-order valence-electron chi connectivity index (χ4n) is 1.76. The summed E-state index contributed by atoms with van der Waals surface area (Å²) in [5.41, 5.74) is 7.04. The summed E-state index contributed by atoms with van der Waals surface area (Å²) < 4.78 is 16.3. The molecule has 6 nitrogen and oxygen atoms in total. The van der Waals surface area contributed by atoms with E-state index >= 15 is 0 Å². The van der Waals surface area contributed by atoms with E-state index in [-0.39, 0.29) is 5.84 Å². The molecule has 0 fully saturated rings. The molecule has 0 atom stereocenters. The third-order valence-electron chi connectivity index (χ3n) is 2.96. The van der Waals surface area contributed by atoms with Gasteiger partial charge in [-0.25, -0.2) is 0 Å². The van der Waals surface area contributed by atoms with Crippen molar-refractivity contribution in [1.82, 2.24) is 0 Å². The fourth-order valence-corrected chi connectivity index (χ4v) is 1.76. The maximum atomic E-state index is 8.71. The Morgan fingerprint density at radius 3 is 2.67 bits per heavy atom. The number of ether oxygens (including phenoxy) is 3. The molecular weight excluding hydrogens is 272 g/mol. The standard InChI is InChI=1S/C15H24N2O4/c1-3-4-7-20-8-9-21-11-13-10-12(15(16)17-18)5-6-14(13)19-2/h5-6,10,18H,3-4,7-9,11H2,1-2H3,(H2,16,17). The Balaban J connectivity index is 2.49. The molecule has 118 valence electrons. The van der Waals surface area contributed by atoms with E-state index in [9.17, 15) is 0 Å². The SMILES string of the molecule is CCCCOCCOCc1cc(/C(N)=N/O)ccc1OC. The number of rotatable bonds is 10. The molecule has 0 aliphatic rings. The Morgan fingerprint density at radius 1 is 1.24 bits per heavy atom. The minimum atomic E-state index is 0.0572. The summed E-state index contributed by atoms with van der Waals surface area (Å²) >= 11 is 0. The zero-order valence-corrected chi connectivity index (χ0v) is 12.7. The number of hydrogen-bond donors (Lipinski definition) is 2. The molecule has 3 N–H and O–H groups in total. The molecule has 0 saturated heterocycles. The minimum Gasteiger partial charge on any atom is -0.496 e. The van der Waals surface area contributed by atoms with Crippen molar-refractivity contribution in [3.8, 4) is 5.75 Å². The smallest absolute Gasteiger partial charge is 0.170 e. The van der Waals surface area contributed by atoms with Crippen LogP contribution in [0, 0.1) is 0 Å². The lowest BCUT2D eigenvalue weighted by Gasteiger charge is -2.11. The van der Waals surface area contributed by atoms with Gasteiger partial charge >= 0.3 is 0 Å². The van der Waals surface area contributed by atoms with Gasteiger partial charge in [-0.2, -0.15) is 0 Å². The minimum absolute atomic E-state index is 0.0572. The zero-order chi connectivity index (χ0) is 15.5. The predicted molar refractivity (Wildman–Crippen MR) is 80.9 cm³/mol. The predicted octanol–water partition coefficient (Wildman–Crippen LogP) is 2.12. The molecule has 1 aromatic carbocycles. The van der Waals surface area contributed by atoms with Crippen molar-refractivity contribution in [2.24, 2.45) is 10.9 Å². The molecule has 6 heteroatoms. The van der Waals surface area contributed by atoms with Crippen LogP contribution in [-0.4, -0.2) is 38.0 Å². The molecule has 0 heterocycles. The van der Waals surface area contributed by atoms with Gasteiger partial charge in [-0.1, -0.05) is 18.5 Å². The maximum absolute atomic E-state index is 8.71. The average Bonchev–Trinajstić information content (AvgIpc) is 2.53. The highest BCUT2D eigenvalue weighted by atomic mass is 16.5. The van der Waals surface area contributed by atoms with Crippen LogP contribution in [0.2, 0.25) is 0 Å². The Hall–Kier alpha value is -1.79. The van der Waals surface area contributed by atoms with Gasteiger partial charge in [0.05, 0.1) is 26.9 Å². The molecule has 1 rings (SSSR count). The van der Waals surface area contributed by atoms with Gasteiger partial charge in [0, 0.05) is 17.7 Å². The van der Waals surface area contributed by atoms with Crippen LogP contribution >= 0.6 is 0 Å². The molecule has 0 amide bonds. The summed E-state index contributed by atoms with van der Waals surface area (Å²) in [5.74, 6) is 0.762. The van der Waals surface area contributed by atoms with Gasteiger partial charge in [0.2, 0.25) is 0 Å². The highest BCUT2D eigenvalue weighted by molar-refractivity contribution is 5.97. The third kappa shape index (κ3) is 6.01. The Morgan fingerprint density at radius 2 is 2.00 bits per heavy atom. The van der Waals surface area contributed by atoms with E-state index in [1.807, 2.05) is 0 Å². The normalized spacial score (nSPS) is 11.6. The first-order valence-electron chi connectivity index (χ1n) is 7.03. The molecule has 0 aliphatic carbocycles. The van der Waals surface area contributed by atoms with Crippen molar-refractivity contribution in [1.29, 1.82) is 0 Å². The van der Waals surface area contributed by atoms with Crippen LogP contribution in [0.1, 0.15) is 30.9 Å². The zero-order valence-electron chi connectivity index (χ0n) is 12.7. The fraction of sp³-hybridized carbons (Fsp3) is 0.533. The van der Waals surface area contributed by atoms with E-state index in [0.29, 0.717) is 31.1 Å². The van der Waals surface area contributed by atoms with Crippen LogP contribution in [0.4, 0.5) is 0 Å². The second kappa shape index (κ2) is 10.0. The van der Waals surface area contributed by atoms with E-state index in [2.05, 4.69) is 12.1 Å². The topological polar surface area (TPSA) is 86.3 Å². The number of oxime groups is 1. The van der Waals surface area contributed by atoms with E-state index in [1.165, 1.54) is 0 Å². The lowest BCUT2D eigenvalue weighted by Crippen LogP contribution is -2.14. The second-order valence-electron chi connectivity index (χ2n) is 4.53. The summed E-state index contributed by atoms with van der Waals surface area (Å²) in [4.78, 5) is 0. The number of amidine groups is 1. The van der Waals surface area contributed by atoms with Crippen LogP contribution in [-0.2, 0) is 16.1 Å². The first-order chi connectivity index (χ1) is 10.2. The summed E-state index contributed by atoms with van der Waals surface area (Å²) in [6.45, 7) is 4.36. The molecule has 0 saturated carbocycles. The number of hydrogen-bond acceptors (Lipinski definition) is 5. The van der Waals surface area contributed by atoms with E-state index in [1.54, 1.807) is 25.3 Å². The molecule has 1 aromatic rings. The lowest BCUT2D eigenvalue weighted by atomic mass is 10.1. The molecule has 0 aliphatic heterocycles. The molecule has 0 radical (unpaired) electrons. The Labute approximate surface area is 125 Å². The number of nitrogens with zero attached hydrogens (tertiary/aromatic N) is 1. The van der Waals surface area contributed by atoms with Gasteiger partial charge in [-0.3, -0.25) is 0 Å². The molecule has 0 unspecified atom stereocenters. The van der Waals surface area contributed by atoms with Crippen LogP contribution in [0.15, 0.2) is 23.4 Å². The van der Waals surface area contributed by atoms with Crippen molar-refractivity contribution in [2.45, 2.75) is 26.4 Å². The average molecular weight is 296 g/mol. The van der Waals surface area contributed by atoms with Crippen LogP contribution in [0.3, 0.4) is 0 Å². The van der Waals surface area contributed by atoms with E-state index < -0.39 is 0 Å². The van der Waals surface area contributed by atoms with Crippen molar-refractivity contribution in [3.05, 3.63) is 29.3 Å². The molecule has 0 bridgehead atoms. The van der Waals surface area contributed by atoms with Crippen LogP contribution in [0.25, 0.3) is 0 Å². The molecular formula is C15H24N2O4. The number of nitrogens with two attached hydrogens (primary N) is 1. The van der Waals surface area contributed by atoms with Crippen LogP contribution in [0.5, 0.6) is 5.75 Å². The number of unbranched alkanes of at least 4 members (excludes halogenated alkanes) is 1. The summed E-state index contributed by atoms with van der Waals surface area (Å²) in [5, 5.41) is 11.7. The highest BCUT2D eigenvalue weighted by Gasteiger charge is 2.07. The van der Waals surface area contributed by atoms with Gasteiger partial charge in [-0.15, -0.1) is 0 Å². The molecule has 0 aromatic heterocycles. The third-order valence-corrected chi connectivity index (χ3v) is 2.96. The summed E-state index contributed by atoms with van der Waals surface area (Å²) in [6, 6.07) is 5.28. The van der Waals surface area contributed by atoms with Crippen molar-refractivity contribution >= 4 is 5.84 Å². The summed E-state index contributed by atoms with van der Waals surface area (Å²) in [6.07, 6.45) is 2.19. The van der Waals surface area contributed by atoms with Gasteiger partial charge in [0.1, 0.15) is 5.75 Å². The van der Waals surface area contributed by atoms with Crippen molar-refractivity contribution < 1.29 is 19.4 Å². The van der Waals surface area contributed by atoms with Gasteiger partial charge in [-0.05, 0) is 24.6 Å². The molecule has 0 spiro atoms. The quantitative estimate of drug-likeness (QED) is 0.227. The van der Waals surface area contributed by atoms with Gasteiger partial charge in [0.15, 0.2) is 5.84 Å². The number of methoxy groups -OCH3 is 1. The first-order valence-corrected chi connectivity index (χ1v) is 7.03. The van der Waals surface area contributed by atoms with Gasteiger partial charge in [0.25, 0.3) is 0 Å². The van der Waals surface area contributed by atoms with Gasteiger partial charge < -0.3 is 25.2 Å². The van der Waals surface area contributed by atoms with Crippen molar-refractivity contribution in [3.63, 3.8) is 0 Å². The monoisotopic (exact) mass is 296 g/mol. The maximum Gasteiger partial charge on any atom is 0.170 e. The summed E-state index contributed by atoms with van der Waals surface area (Å²) in [7, 11) is 1.59. The Bertz CT molecular complexity index is 449. The van der Waals surface area contributed by atoms with E-state index in [4.69, 9.17) is 25.2 Å².